The molecule has 0 saturated carbocycles. The minimum Gasteiger partial charge on any atom is -0.497 e. The molecule has 2 bridgehead atoms. The molecule has 28 heavy (non-hydrogen) atoms. The summed E-state index contributed by atoms with van der Waals surface area (Å²) in [5.74, 6) is 0.398. The number of hydrogen-bond acceptors (Lipinski definition) is 5. The van der Waals surface area contributed by atoms with E-state index in [4.69, 9.17) is 9.47 Å². The number of likely N-dealkylation sites (tertiary alicyclic amines) is 1. The van der Waals surface area contributed by atoms with Crippen molar-refractivity contribution in [3.05, 3.63) is 64.7 Å². The fourth-order valence-electron chi connectivity index (χ4n) is 5.17. The lowest BCUT2D eigenvalue weighted by Crippen LogP contribution is -2.67. The molecule has 1 aliphatic heterocycles. The smallest absolute Gasteiger partial charge is 0.337 e. The van der Waals surface area contributed by atoms with Crippen LogP contribution >= 0.6 is 0 Å². The summed E-state index contributed by atoms with van der Waals surface area (Å²) in [6.07, 6.45) is 1.55. The molecule has 1 heterocycles. The van der Waals surface area contributed by atoms with E-state index in [0.29, 0.717) is 5.56 Å². The number of likely N-dealkylation sites (N-methyl/N-ethyl adjacent to an activating group) is 1. The minimum absolute atomic E-state index is 0.0833. The molecule has 0 radical (unpaired) electrons. The second-order valence-electron chi connectivity index (χ2n) is 8.14. The fourth-order valence-corrected chi connectivity index (χ4v) is 5.17. The molecule has 5 nitrogen and oxygen atoms in total. The van der Waals surface area contributed by atoms with E-state index in [2.05, 4.69) is 31.0 Å². The summed E-state index contributed by atoms with van der Waals surface area (Å²) in [6, 6.07) is 13.3. The third kappa shape index (κ3) is 2.50. The number of fused-ring (bicyclic) bond motifs is 4. The number of methoxy groups -OCH3 is 2. The van der Waals surface area contributed by atoms with Gasteiger partial charge in [-0.1, -0.05) is 25.1 Å². The van der Waals surface area contributed by atoms with E-state index in [1.54, 1.807) is 19.2 Å². The van der Waals surface area contributed by atoms with Crippen molar-refractivity contribution in [1.29, 1.82) is 0 Å². The Hall–Kier alpha value is -2.37. The summed E-state index contributed by atoms with van der Waals surface area (Å²) in [7, 11) is 5.10. The predicted molar refractivity (Wildman–Crippen MR) is 107 cm³/mol. The molecule has 0 aromatic heterocycles. The Balaban J connectivity index is 1.93. The Morgan fingerprint density at radius 2 is 2.00 bits per heavy atom. The lowest BCUT2D eigenvalue weighted by Gasteiger charge is -2.60. The van der Waals surface area contributed by atoms with Crippen LogP contribution in [0.2, 0.25) is 0 Å². The number of nitrogens with zero attached hydrogens (tertiary/aromatic N) is 1. The fraction of sp³-hybridized carbons (Fsp3) is 0.435. The molecule has 1 aliphatic carbocycles. The lowest BCUT2D eigenvalue weighted by atomic mass is 9.53. The highest BCUT2D eigenvalue weighted by Crippen LogP contribution is 2.56. The molecule has 1 N–H and O–H groups in total. The van der Waals surface area contributed by atoms with Crippen molar-refractivity contribution in [2.24, 2.45) is 0 Å². The Kier molecular flexibility index (Phi) is 4.47. The molecule has 5 heteroatoms. The number of piperidine rings is 1. The third-order valence-corrected chi connectivity index (χ3v) is 6.87. The number of hydrogen-bond donors (Lipinski definition) is 1. The van der Waals surface area contributed by atoms with Gasteiger partial charge in [-0.15, -0.1) is 0 Å². The normalized spacial score (nSPS) is 29.1. The van der Waals surface area contributed by atoms with Crippen molar-refractivity contribution >= 4 is 5.97 Å². The maximum Gasteiger partial charge on any atom is 0.337 e. The molecule has 4 rings (SSSR count). The van der Waals surface area contributed by atoms with Gasteiger partial charge >= 0.3 is 5.97 Å². The molecule has 1 fully saturated rings. The van der Waals surface area contributed by atoms with E-state index in [1.165, 1.54) is 12.7 Å². The van der Waals surface area contributed by atoms with Crippen molar-refractivity contribution in [3.8, 4) is 5.75 Å². The summed E-state index contributed by atoms with van der Waals surface area (Å²) in [4.78, 5) is 14.3. The molecule has 0 amide bonds. The summed E-state index contributed by atoms with van der Waals surface area (Å²) in [5, 5.41) is 12.3. The monoisotopic (exact) mass is 381 g/mol. The van der Waals surface area contributed by atoms with Gasteiger partial charge in [-0.3, -0.25) is 4.90 Å². The Labute approximate surface area is 165 Å². The standard InChI is InChI=1S/C23H27NO4/c1-22-10-11-24(2)20(13-15-8-9-18(27-3)14-19(15)22)23(22,26)17-7-5-6-16(12-17)21(25)28-4/h5-9,12,14,20,26H,10-11,13H2,1-4H3/t20?,22-,23-/m0/s1. The summed E-state index contributed by atoms with van der Waals surface area (Å²) in [6.45, 7) is 3.03. The molecule has 2 aromatic rings. The zero-order valence-electron chi connectivity index (χ0n) is 16.9. The van der Waals surface area contributed by atoms with Gasteiger partial charge in [0, 0.05) is 11.5 Å². The average Bonchev–Trinajstić information content (AvgIpc) is 2.72. The van der Waals surface area contributed by atoms with Gasteiger partial charge in [0.25, 0.3) is 0 Å². The molecular formula is C23H27NO4. The second-order valence-corrected chi connectivity index (χ2v) is 8.14. The topological polar surface area (TPSA) is 59.0 Å². The van der Waals surface area contributed by atoms with Crippen LogP contribution in [0.15, 0.2) is 42.5 Å². The average molecular weight is 381 g/mol. The minimum atomic E-state index is -1.14. The largest absolute Gasteiger partial charge is 0.497 e. The second kappa shape index (κ2) is 6.61. The first-order chi connectivity index (χ1) is 13.3. The summed E-state index contributed by atoms with van der Waals surface area (Å²) >= 11 is 0. The Morgan fingerprint density at radius 1 is 1.21 bits per heavy atom. The molecule has 3 atom stereocenters. The molecule has 1 unspecified atom stereocenters. The highest BCUT2D eigenvalue weighted by Gasteiger charge is 2.60. The van der Waals surface area contributed by atoms with Crippen LogP contribution in [0, 0.1) is 0 Å². The van der Waals surface area contributed by atoms with Crippen LogP contribution in [0.3, 0.4) is 0 Å². The van der Waals surface area contributed by atoms with Crippen molar-refractivity contribution in [2.45, 2.75) is 36.8 Å². The van der Waals surface area contributed by atoms with Crippen LogP contribution in [0.5, 0.6) is 5.75 Å². The summed E-state index contributed by atoms with van der Waals surface area (Å²) in [5.41, 5.74) is 1.94. The molecule has 148 valence electrons. The number of carbonyl (C=O) groups excluding carboxylic acids is 1. The van der Waals surface area contributed by atoms with E-state index in [0.717, 1.165) is 36.3 Å². The maximum absolute atomic E-state index is 12.3. The van der Waals surface area contributed by atoms with Gasteiger partial charge in [0.1, 0.15) is 11.4 Å². The van der Waals surface area contributed by atoms with Gasteiger partial charge in [-0.25, -0.2) is 4.79 Å². The zero-order valence-corrected chi connectivity index (χ0v) is 16.9. The predicted octanol–water partition coefficient (Wildman–Crippen LogP) is 2.89. The molecule has 2 aromatic carbocycles. The van der Waals surface area contributed by atoms with E-state index >= 15 is 0 Å². The zero-order chi connectivity index (χ0) is 20.1. The highest BCUT2D eigenvalue weighted by atomic mass is 16.5. The number of benzene rings is 2. The van der Waals surface area contributed by atoms with Crippen molar-refractivity contribution in [2.75, 3.05) is 27.8 Å². The van der Waals surface area contributed by atoms with Gasteiger partial charge in [0.2, 0.25) is 0 Å². The summed E-state index contributed by atoms with van der Waals surface area (Å²) < 4.78 is 10.4. The van der Waals surface area contributed by atoms with Crippen LogP contribution in [0.4, 0.5) is 0 Å². The van der Waals surface area contributed by atoms with Crippen LogP contribution < -0.4 is 4.74 Å². The van der Waals surface area contributed by atoms with Gasteiger partial charge in [0.05, 0.1) is 19.8 Å². The van der Waals surface area contributed by atoms with Gasteiger partial charge in [0.15, 0.2) is 0 Å². The number of aliphatic hydroxyl groups is 1. The molecular weight excluding hydrogens is 354 g/mol. The van der Waals surface area contributed by atoms with Gasteiger partial charge in [-0.05, 0) is 67.4 Å². The quantitative estimate of drug-likeness (QED) is 0.829. The number of rotatable bonds is 3. The van der Waals surface area contributed by atoms with Gasteiger partial charge in [-0.2, -0.15) is 0 Å². The van der Waals surface area contributed by atoms with Crippen LogP contribution in [0.25, 0.3) is 0 Å². The number of esters is 1. The number of carbonyl (C=O) groups is 1. The van der Waals surface area contributed by atoms with Crippen LogP contribution in [-0.2, 0) is 22.2 Å². The van der Waals surface area contributed by atoms with E-state index in [-0.39, 0.29) is 6.04 Å². The molecule has 2 aliphatic rings. The number of ether oxygens (including phenoxy) is 2. The Bertz CT molecular complexity index is 927. The first-order valence-corrected chi connectivity index (χ1v) is 9.64. The van der Waals surface area contributed by atoms with Crippen molar-refractivity contribution < 1.29 is 19.4 Å². The molecule has 1 saturated heterocycles. The molecule has 0 spiro atoms. The van der Waals surface area contributed by atoms with Gasteiger partial charge < -0.3 is 14.6 Å². The lowest BCUT2D eigenvalue weighted by molar-refractivity contribution is -0.141. The van der Waals surface area contributed by atoms with Crippen LogP contribution in [-0.4, -0.2) is 49.8 Å². The maximum atomic E-state index is 12.3. The highest BCUT2D eigenvalue weighted by molar-refractivity contribution is 5.89. The Morgan fingerprint density at radius 3 is 2.71 bits per heavy atom. The van der Waals surface area contributed by atoms with Crippen molar-refractivity contribution in [3.63, 3.8) is 0 Å². The first kappa shape index (κ1) is 19.0. The third-order valence-electron chi connectivity index (χ3n) is 6.87. The van der Waals surface area contributed by atoms with E-state index in [9.17, 15) is 9.90 Å². The van der Waals surface area contributed by atoms with E-state index in [1.807, 2.05) is 18.2 Å². The SMILES string of the molecule is COC(=O)c1cccc([C@]2(O)C3Cc4ccc(OC)cc4[C@]2(C)CCN3C)c1. The van der Waals surface area contributed by atoms with Crippen molar-refractivity contribution in [1.82, 2.24) is 4.90 Å². The van der Waals surface area contributed by atoms with Crippen LogP contribution in [0.1, 0.15) is 40.4 Å². The van der Waals surface area contributed by atoms with E-state index < -0.39 is 17.0 Å². The first-order valence-electron chi connectivity index (χ1n) is 9.64.